The van der Waals surface area contributed by atoms with Gasteiger partial charge in [0.05, 0.1) is 0 Å². The van der Waals surface area contributed by atoms with Gasteiger partial charge in [0, 0.05) is 0 Å². The summed E-state index contributed by atoms with van der Waals surface area (Å²) in [5.74, 6) is 2.30. The van der Waals surface area contributed by atoms with Gasteiger partial charge < -0.3 is 5.11 Å². The number of hydrogen-bond acceptors (Lipinski definition) is 1. The molecule has 1 N–H and O–H groups in total. The van der Waals surface area contributed by atoms with Crippen LogP contribution in [0.15, 0.2) is 24.3 Å². The van der Waals surface area contributed by atoms with Crippen LogP contribution in [0.5, 0.6) is 0 Å². The number of aliphatic hydroxyl groups is 1. The van der Waals surface area contributed by atoms with Gasteiger partial charge in [0.1, 0.15) is 6.10 Å². The zero-order valence-electron chi connectivity index (χ0n) is 10.7. The quantitative estimate of drug-likeness (QED) is 0.411. The van der Waals surface area contributed by atoms with E-state index in [4.69, 9.17) is 11.5 Å². The number of aliphatic hydroxyl groups excluding tert-OH is 1. The first-order chi connectivity index (χ1) is 7.45. The second-order valence-electron chi connectivity index (χ2n) is 5.08. The third kappa shape index (κ3) is 11.1. The van der Waals surface area contributed by atoms with Crippen molar-refractivity contribution < 1.29 is 5.11 Å². The number of rotatable bonds is 6. The van der Waals surface area contributed by atoms with Crippen molar-refractivity contribution in [2.75, 3.05) is 0 Å². The molecular weight excluding hydrogens is 196 g/mol. The van der Waals surface area contributed by atoms with Gasteiger partial charge in [0.2, 0.25) is 0 Å². The Kier molecular flexibility index (Phi) is 7.68. The highest BCUT2D eigenvalue weighted by molar-refractivity contribution is 4.96. The van der Waals surface area contributed by atoms with Crippen molar-refractivity contribution in [1.29, 1.82) is 0 Å². The molecule has 90 valence electrons. The van der Waals surface area contributed by atoms with Crippen LogP contribution in [0.1, 0.15) is 46.5 Å². The molecule has 0 aromatic carbocycles. The number of terminal acetylenes is 1. The molecule has 16 heavy (non-hydrogen) atoms. The molecule has 0 aromatic heterocycles. The van der Waals surface area contributed by atoms with Crippen LogP contribution in [0, 0.1) is 17.8 Å². The lowest BCUT2D eigenvalue weighted by atomic mass is 9.96. The van der Waals surface area contributed by atoms with Crippen LogP contribution >= 0.6 is 0 Å². The molecule has 1 heteroatoms. The van der Waals surface area contributed by atoms with Crippen LogP contribution in [0.25, 0.3) is 0 Å². The average molecular weight is 220 g/mol. The maximum Gasteiger partial charge on any atom is 0.114 e. The molecule has 1 unspecified atom stereocenters. The summed E-state index contributed by atoms with van der Waals surface area (Å²) < 4.78 is 0. The van der Waals surface area contributed by atoms with E-state index < -0.39 is 6.10 Å². The van der Waals surface area contributed by atoms with Crippen molar-refractivity contribution >= 4 is 0 Å². The van der Waals surface area contributed by atoms with Gasteiger partial charge in [0.15, 0.2) is 0 Å². The highest BCUT2D eigenvalue weighted by Crippen LogP contribution is 2.15. The Morgan fingerprint density at radius 1 is 1.12 bits per heavy atom. The lowest BCUT2D eigenvalue weighted by Crippen LogP contribution is -2.00. The minimum atomic E-state index is -0.592. The molecule has 1 nitrogen and oxygen atoms in total. The smallest absolute Gasteiger partial charge is 0.114 e. The predicted molar refractivity (Wildman–Crippen MR) is 71.0 cm³/mol. The van der Waals surface area contributed by atoms with E-state index in [1.807, 2.05) is 0 Å². The molecule has 1 atom stereocenters. The molecule has 0 aliphatic heterocycles. The Bertz CT molecular complexity index is 260. The fourth-order valence-corrected chi connectivity index (χ4v) is 1.20. The first-order valence-corrected chi connectivity index (χ1v) is 5.92. The van der Waals surface area contributed by atoms with Crippen LogP contribution < -0.4 is 0 Å². The number of hydrogen-bond donors (Lipinski definition) is 1. The second-order valence-corrected chi connectivity index (χ2v) is 5.08. The van der Waals surface area contributed by atoms with E-state index in [1.165, 1.54) is 0 Å². The van der Waals surface area contributed by atoms with Crippen LogP contribution in [0.2, 0.25) is 0 Å². The van der Waals surface area contributed by atoms with Gasteiger partial charge >= 0.3 is 0 Å². The fourth-order valence-electron chi connectivity index (χ4n) is 1.20. The molecule has 0 radical (unpaired) electrons. The third-order valence-electron chi connectivity index (χ3n) is 2.08. The number of allylic oxidation sites excluding steroid dienone is 4. The second kappa shape index (κ2) is 8.19. The summed E-state index contributed by atoms with van der Waals surface area (Å²) in [6, 6.07) is 0. The molecule has 0 heterocycles. The first-order valence-electron chi connectivity index (χ1n) is 5.92. The lowest BCUT2D eigenvalue weighted by molar-refractivity contribution is 0.223. The Morgan fingerprint density at radius 2 is 1.69 bits per heavy atom. The van der Waals surface area contributed by atoms with Gasteiger partial charge in [-0.1, -0.05) is 51.0 Å². The maximum atomic E-state index is 9.11. The topological polar surface area (TPSA) is 20.2 Å². The van der Waals surface area contributed by atoms with Gasteiger partial charge in [-0.2, -0.15) is 0 Å². The van der Waals surface area contributed by atoms with Gasteiger partial charge in [-0.25, -0.2) is 0 Å². The Hall–Kier alpha value is -1.00. The Morgan fingerprint density at radius 3 is 2.25 bits per heavy atom. The van der Waals surface area contributed by atoms with E-state index in [2.05, 4.69) is 51.0 Å². The summed E-state index contributed by atoms with van der Waals surface area (Å²) in [5, 5.41) is 9.11. The van der Waals surface area contributed by atoms with E-state index in [-0.39, 0.29) is 5.41 Å². The van der Waals surface area contributed by atoms with Crippen LogP contribution in [0.3, 0.4) is 0 Å². The monoisotopic (exact) mass is 220 g/mol. The van der Waals surface area contributed by atoms with E-state index in [0.29, 0.717) is 6.42 Å². The lowest BCUT2D eigenvalue weighted by Gasteiger charge is -2.10. The van der Waals surface area contributed by atoms with E-state index in [0.717, 1.165) is 19.3 Å². The van der Waals surface area contributed by atoms with Crippen molar-refractivity contribution in [1.82, 2.24) is 0 Å². The molecule has 0 saturated carbocycles. The molecule has 0 spiro atoms. The normalized spacial score (nSPS) is 14.4. The van der Waals surface area contributed by atoms with Crippen molar-refractivity contribution in [3.05, 3.63) is 24.3 Å². The van der Waals surface area contributed by atoms with Crippen LogP contribution in [-0.4, -0.2) is 11.2 Å². The van der Waals surface area contributed by atoms with Crippen LogP contribution in [0.4, 0.5) is 0 Å². The molecule has 0 amide bonds. The average Bonchev–Trinajstić information content (AvgIpc) is 2.20. The van der Waals surface area contributed by atoms with Gasteiger partial charge in [-0.05, 0) is 31.1 Å². The van der Waals surface area contributed by atoms with Gasteiger partial charge in [0.25, 0.3) is 0 Å². The molecule has 0 aromatic rings. The Balaban J connectivity index is 3.50. The summed E-state index contributed by atoms with van der Waals surface area (Å²) in [5.41, 5.74) is 0.278. The standard InChI is InChI=1S/C15H24O/c1-5-14(16)12-10-8-6-7-9-11-13-15(2,3)4/h1,6,8,11,13-14,16H,7,9-10,12H2,2-4H3. The fraction of sp³-hybridized carbons (Fsp3) is 0.600. The summed E-state index contributed by atoms with van der Waals surface area (Å²) in [6.45, 7) is 6.58. The van der Waals surface area contributed by atoms with Crippen molar-refractivity contribution in [3.63, 3.8) is 0 Å². The predicted octanol–water partition coefficient (Wildman–Crippen LogP) is 3.70. The van der Waals surface area contributed by atoms with Crippen molar-refractivity contribution in [2.45, 2.75) is 52.6 Å². The molecule has 0 rings (SSSR count). The zero-order chi connectivity index (χ0) is 12.4. The summed E-state index contributed by atoms with van der Waals surface area (Å²) >= 11 is 0. The van der Waals surface area contributed by atoms with E-state index >= 15 is 0 Å². The van der Waals surface area contributed by atoms with Gasteiger partial charge in [-0.3, -0.25) is 0 Å². The van der Waals surface area contributed by atoms with Gasteiger partial charge in [-0.15, -0.1) is 6.42 Å². The molecule has 0 fully saturated rings. The largest absolute Gasteiger partial charge is 0.380 e. The summed E-state index contributed by atoms with van der Waals surface area (Å²) in [6.07, 6.45) is 16.8. The number of unbranched alkanes of at least 4 members (excludes halogenated alkanes) is 1. The minimum absolute atomic E-state index is 0.278. The summed E-state index contributed by atoms with van der Waals surface area (Å²) in [7, 11) is 0. The highest BCUT2D eigenvalue weighted by Gasteiger charge is 2.02. The molecule has 0 aliphatic rings. The molecule has 0 saturated heterocycles. The van der Waals surface area contributed by atoms with Crippen molar-refractivity contribution in [2.24, 2.45) is 5.41 Å². The first kappa shape index (κ1) is 15.0. The minimum Gasteiger partial charge on any atom is -0.380 e. The molecular formula is C15H24O. The van der Waals surface area contributed by atoms with E-state index in [1.54, 1.807) is 0 Å². The Labute approximate surface area is 100 Å². The molecule has 0 aliphatic carbocycles. The van der Waals surface area contributed by atoms with E-state index in [9.17, 15) is 0 Å². The molecule has 0 bridgehead atoms. The van der Waals surface area contributed by atoms with Crippen LogP contribution in [-0.2, 0) is 0 Å². The maximum absolute atomic E-state index is 9.11. The van der Waals surface area contributed by atoms with Crippen molar-refractivity contribution in [3.8, 4) is 12.3 Å². The highest BCUT2D eigenvalue weighted by atomic mass is 16.3. The third-order valence-corrected chi connectivity index (χ3v) is 2.08. The SMILES string of the molecule is C#CC(O)CCC=CCCC=CC(C)(C)C. The zero-order valence-corrected chi connectivity index (χ0v) is 10.7. The summed E-state index contributed by atoms with van der Waals surface area (Å²) in [4.78, 5) is 0.